The van der Waals surface area contributed by atoms with Crippen LogP contribution in [0.3, 0.4) is 0 Å². The summed E-state index contributed by atoms with van der Waals surface area (Å²) in [7, 11) is 0. The van der Waals surface area contributed by atoms with Crippen LogP contribution in [-0.4, -0.2) is 34.3 Å². The van der Waals surface area contributed by atoms with E-state index in [0.29, 0.717) is 18.1 Å². The molecule has 1 fully saturated rings. The largest absolute Gasteiger partial charge is 0.478 e. The Labute approximate surface area is 93.5 Å². The summed E-state index contributed by atoms with van der Waals surface area (Å²) in [6.45, 7) is 3.12. The van der Waals surface area contributed by atoms with E-state index in [2.05, 4.69) is 9.97 Å². The van der Waals surface area contributed by atoms with Crippen LogP contribution < -0.4 is 0 Å². The van der Waals surface area contributed by atoms with E-state index in [9.17, 15) is 4.79 Å². The van der Waals surface area contributed by atoms with Crippen molar-refractivity contribution < 1.29 is 14.6 Å². The average molecular weight is 222 g/mol. The second-order valence-electron chi connectivity index (χ2n) is 3.95. The second kappa shape index (κ2) is 4.57. The Balaban J connectivity index is 2.23. The SMILES string of the molecule is Cc1nc(C2CCCOC2)ncc1C(=O)O. The fourth-order valence-electron chi connectivity index (χ4n) is 1.84. The molecular weight excluding hydrogens is 208 g/mol. The molecule has 1 atom stereocenters. The van der Waals surface area contributed by atoms with E-state index in [1.807, 2.05) is 0 Å². The van der Waals surface area contributed by atoms with Crippen molar-refractivity contribution in [2.24, 2.45) is 0 Å². The van der Waals surface area contributed by atoms with E-state index in [1.54, 1.807) is 6.92 Å². The van der Waals surface area contributed by atoms with Crippen molar-refractivity contribution in [3.8, 4) is 0 Å². The van der Waals surface area contributed by atoms with Gasteiger partial charge in [0, 0.05) is 18.7 Å². The Kier molecular flexibility index (Phi) is 3.14. The van der Waals surface area contributed by atoms with Crippen molar-refractivity contribution in [2.45, 2.75) is 25.7 Å². The maximum Gasteiger partial charge on any atom is 0.339 e. The van der Waals surface area contributed by atoms with E-state index in [-0.39, 0.29) is 11.5 Å². The summed E-state index contributed by atoms with van der Waals surface area (Å²) >= 11 is 0. The van der Waals surface area contributed by atoms with Gasteiger partial charge in [0.2, 0.25) is 0 Å². The number of aromatic nitrogens is 2. The lowest BCUT2D eigenvalue weighted by Gasteiger charge is -2.20. The van der Waals surface area contributed by atoms with E-state index < -0.39 is 5.97 Å². The number of rotatable bonds is 2. The van der Waals surface area contributed by atoms with Crippen LogP contribution in [0.15, 0.2) is 6.20 Å². The molecule has 16 heavy (non-hydrogen) atoms. The highest BCUT2D eigenvalue weighted by atomic mass is 16.5. The minimum Gasteiger partial charge on any atom is -0.478 e. The quantitative estimate of drug-likeness (QED) is 0.818. The topological polar surface area (TPSA) is 72.3 Å². The highest BCUT2D eigenvalue weighted by Gasteiger charge is 2.20. The molecule has 0 spiro atoms. The van der Waals surface area contributed by atoms with Crippen molar-refractivity contribution in [1.29, 1.82) is 0 Å². The Morgan fingerprint density at radius 3 is 3.00 bits per heavy atom. The van der Waals surface area contributed by atoms with E-state index in [1.165, 1.54) is 6.20 Å². The first kappa shape index (κ1) is 11.0. The summed E-state index contributed by atoms with van der Waals surface area (Å²) in [5, 5.41) is 8.86. The normalized spacial score (nSPS) is 20.7. The minimum atomic E-state index is -0.982. The molecule has 1 aromatic rings. The molecule has 1 saturated heterocycles. The molecule has 0 bridgehead atoms. The average Bonchev–Trinajstić information content (AvgIpc) is 2.29. The number of carbonyl (C=O) groups is 1. The van der Waals surface area contributed by atoms with Crippen LogP contribution in [0.4, 0.5) is 0 Å². The Morgan fingerprint density at radius 1 is 1.62 bits per heavy atom. The fourth-order valence-corrected chi connectivity index (χ4v) is 1.84. The molecule has 5 heteroatoms. The number of hydrogen-bond acceptors (Lipinski definition) is 4. The van der Waals surface area contributed by atoms with Gasteiger partial charge >= 0.3 is 5.97 Å². The van der Waals surface area contributed by atoms with Crippen LogP contribution >= 0.6 is 0 Å². The molecular formula is C11H14N2O3. The lowest BCUT2D eigenvalue weighted by Crippen LogP contribution is -2.19. The summed E-state index contributed by atoms with van der Waals surface area (Å²) in [6, 6.07) is 0. The summed E-state index contributed by atoms with van der Waals surface area (Å²) < 4.78 is 5.36. The Hall–Kier alpha value is -1.49. The van der Waals surface area contributed by atoms with Crippen LogP contribution in [0, 0.1) is 6.92 Å². The van der Waals surface area contributed by atoms with Gasteiger partial charge in [0.1, 0.15) is 5.82 Å². The second-order valence-corrected chi connectivity index (χ2v) is 3.95. The lowest BCUT2D eigenvalue weighted by molar-refractivity contribution is 0.0694. The minimum absolute atomic E-state index is 0.167. The summed E-state index contributed by atoms with van der Waals surface area (Å²) in [6.07, 6.45) is 3.40. The molecule has 0 saturated carbocycles. The first-order valence-corrected chi connectivity index (χ1v) is 5.33. The van der Waals surface area contributed by atoms with Gasteiger partial charge in [-0.15, -0.1) is 0 Å². The lowest BCUT2D eigenvalue weighted by atomic mass is 10.0. The third-order valence-corrected chi connectivity index (χ3v) is 2.75. The van der Waals surface area contributed by atoms with Crippen molar-refractivity contribution in [2.75, 3.05) is 13.2 Å². The maximum absolute atomic E-state index is 10.8. The molecule has 1 aliphatic rings. The molecule has 0 radical (unpaired) electrons. The number of nitrogens with zero attached hydrogens (tertiary/aromatic N) is 2. The number of ether oxygens (including phenoxy) is 1. The summed E-state index contributed by atoms with van der Waals surface area (Å²) in [5.41, 5.74) is 0.684. The molecule has 1 N–H and O–H groups in total. The van der Waals surface area contributed by atoms with Gasteiger partial charge in [-0.1, -0.05) is 0 Å². The highest BCUT2D eigenvalue weighted by Crippen LogP contribution is 2.22. The van der Waals surface area contributed by atoms with Gasteiger partial charge in [-0.25, -0.2) is 14.8 Å². The first-order chi connectivity index (χ1) is 7.68. The van der Waals surface area contributed by atoms with Crippen LogP contribution in [-0.2, 0) is 4.74 Å². The van der Waals surface area contributed by atoms with Crippen molar-refractivity contribution in [3.63, 3.8) is 0 Å². The monoisotopic (exact) mass is 222 g/mol. The third kappa shape index (κ3) is 2.19. The van der Waals surface area contributed by atoms with E-state index in [0.717, 1.165) is 19.4 Å². The van der Waals surface area contributed by atoms with Crippen molar-refractivity contribution >= 4 is 5.97 Å². The van der Waals surface area contributed by atoms with Gasteiger partial charge in [-0.3, -0.25) is 0 Å². The van der Waals surface area contributed by atoms with Gasteiger partial charge < -0.3 is 9.84 Å². The smallest absolute Gasteiger partial charge is 0.339 e. The maximum atomic E-state index is 10.8. The van der Waals surface area contributed by atoms with Crippen LogP contribution in [0.2, 0.25) is 0 Å². The standard InChI is InChI=1S/C11H14N2O3/c1-7-9(11(14)15)5-12-10(13-7)8-3-2-4-16-6-8/h5,8H,2-4,6H2,1H3,(H,14,15). The van der Waals surface area contributed by atoms with Gasteiger partial charge in [0.15, 0.2) is 0 Å². The van der Waals surface area contributed by atoms with Gasteiger partial charge in [0.25, 0.3) is 0 Å². The predicted molar refractivity (Wildman–Crippen MR) is 56.5 cm³/mol. The fraction of sp³-hybridized carbons (Fsp3) is 0.545. The number of aryl methyl sites for hydroxylation is 1. The molecule has 0 aromatic carbocycles. The van der Waals surface area contributed by atoms with Crippen LogP contribution in [0.1, 0.15) is 40.6 Å². The van der Waals surface area contributed by atoms with Crippen molar-refractivity contribution in [1.82, 2.24) is 9.97 Å². The number of hydrogen-bond donors (Lipinski definition) is 1. The molecule has 1 aromatic heterocycles. The molecule has 5 nitrogen and oxygen atoms in total. The van der Waals surface area contributed by atoms with E-state index >= 15 is 0 Å². The Bertz CT molecular complexity index is 400. The van der Waals surface area contributed by atoms with Gasteiger partial charge in [-0.2, -0.15) is 0 Å². The number of carboxylic acids is 1. The van der Waals surface area contributed by atoms with Crippen molar-refractivity contribution in [3.05, 3.63) is 23.3 Å². The zero-order valence-electron chi connectivity index (χ0n) is 9.14. The Morgan fingerprint density at radius 2 is 2.44 bits per heavy atom. The molecule has 86 valence electrons. The van der Waals surface area contributed by atoms with E-state index in [4.69, 9.17) is 9.84 Å². The van der Waals surface area contributed by atoms with Gasteiger partial charge in [0.05, 0.1) is 17.9 Å². The van der Waals surface area contributed by atoms with Gasteiger partial charge in [-0.05, 0) is 19.8 Å². The number of aromatic carboxylic acids is 1. The highest BCUT2D eigenvalue weighted by molar-refractivity contribution is 5.88. The first-order valence-electron chi connectivity index (χ1n) is 5.33. The molecule has 2 heterocycles. The van der Waals surface area contributed by atoms with Crippen LogP contribution in [0.5, 0.6) is 0 Å². The zero-order chi connectivity index (χ0) is 11.5. The molecule has 0 amide bonds. The molecule has 1 aliphatic heterocycles. The number of carboxylic acid groups (broad SMARTS) is 1. The third-order valence-electron chi connectivity index (χ3n) is 2.75. The predicted octanol–water partition coefficient (Wildman–Crippen LogP) is 1.38. The molecule has 2 rings (SSSR count). The zero-order valence-corrected chi connectivity index (χ0v) is 9.14. The van der Waals surface area contributed by atoms with Crippen LogP contribution in [0.25, 0.3) is 0 Å². The summed E-state index contributed by atoms with van der Waals surface area (Å²) in [5.74, 6) is -0.0820. The summed E-state index contributed by atoms with van der Waals surface area (Å²) in [4.78, 5) is 19.2. The molecule has 0 aliphatic carbocycles. The molecule has 1 unspecified atom stereocenters.